The Labute approximate surface area is 151 Å². The van der Waals surface area contributed by atoms with Crippen LogP contribution in [0.1, 0.15) is 38.8 Å². The maximum Gasteiger partial charge on any atom is 0.111 e. The van der Waals surface area contributed by atoms with Crippen molar-refractivity contribution in [1.29, 1.82) is 5.26 Å². The Morgan fingerprint density at radius 1 is 0.960 bits per heavy atom. The molecule has 2 aromatic rings. The minimum Gasteiger partial charge on any atom is -0.373 e. The standard InChI is InChI=1S/C22H28N2O/c1-18(25-16-20-13-9-6-10-14-20)21(2,3)22(4,17-23)24-15-19-11-7-5-8-12-19/h5-14,18,24H,15-16H2,1-4H3/t18-,22-/m0/s1. The predicted molar refractivity (Wildman–Crippen MR) is 102 cm³/mol. The van der Waals surface area contributed by atoms with Gasteiger partial charge in [-0.15, -0.1) is 0 Å². The highest BCUT2D eigenvalue weighted by molar-refractivity contribution is 5.19. The van der Waals surface area contributed by atoms with Gasteiger partial charge < -0.3 is 4.74 Å². The van der Waals surface area contributed by atoms with Gasteiger partial charge in [-0.3, -0.25) is 5.32 Å². The zero-order chi connectivity index (χ0) is 18.3. The van der Waals surface area contributed by atoms with Crippen LogP contribution in [-0.2, 0) is 17.9 Å². The number of nitriles is 1. The first-order chi connectivity index (χ1) is 11.9. The van der Waals surface area contributed by atoms with Crippen LogP contribution in [0.3, 0.4) is 0 Å². The number of rotatable bonds is 8. The fraction of sp³-hybridized carbons (Fsp3) is 0.409. The van der Waals surface area contributed by atoms with Crippen molar-refractivity contribution in [2.24, 2.45) is 5.41 Å². The van der Waals surface area contributed by atoms with Crippen molar-refractivity contribution in [2.75, 3.05) is 0 Å². The highest BCUT2D eigenvalue weighted by Crippen LogP contribution is 2.36. The molecular formula is C22H28N2O. The van der Waals surface area contributed by atoms with E-state index in [4.69, 9.17) is 4.74 Å². The van der Waals surface area contributed by atoms with Crippen LogP contribution >= 0.6 is 0 Å². The van der Waals surface area contributed by atoms with Gasteiger partial charge in [0.05, 0.1) is 18.8 Å². The molecule has 0 aliphatic heterocycles. The first-order valence-corrected chi connectivity index (χ1v) is 8.75. The normalized spacial score (nSPS) is 15.2. The van der Waals surface area contributed by atoms with Crippen LogP contribution < -0.4 is 5.32 Å². The lowest BCUT2D eigenvalue weighted by Crippen LogP contribution is -2.57. The molecule has 2 atom stereocenters. The van der Waals surface area contributed by atoms with E-state index in [1.54, 1.807) is 0 Å². The lowest BCUT2D eigenvalue weighted by atomic mass is 9.70. The van der Waals surface area contributed by atoms with Gasteiger partial charge >= 0.3 is 0 Å². The number of hydrogen-bond donors (Lipinski definition) is 1. The monoisotopic (exact) mass is 336 g/mol. The van der Waals surface area contributed by atoms with E-state index in [2.05, 4.69) is 49.5 Å². The van der Waals surface area contributed by atoms with Crippen LogP contribution in [0.4, 0.5) is 0 Å². The maximum atomic E-state index is 9.87. The van der Waals surface area contributed by atoms with Gasteiger partial charge in [-0.05, 0) is 25.0 Å². The van der Waals surface area contributed by atoms with E-state index < -0.39 is 5.54 Å². The van der Waals surface area contributed by atoms with Gasteiger partial charge in [0.25, 0.3) is 0 Å². The summed E-state index contributed by atoms with van der Waals surface area (Å²) in [4.78, 5) is 0. The zero-order valence-electron chi connectivity index (χ0n) is 15.6. The van der Waals surface area contributed by atoms with Crippen molar-refractivity contribution in [3.63, 3.8) is 0 Å². The van der Waals surface area contributed by atoms with E-state index in [0.29, 0.717) is 13.2 Å². The topological polar surface area (TPSA) is 45.0 Å². The molecule has 0 aromatic heterocycles. The van der Waals surface area contributed by atoms with Gasteiger partial charge in [-0.1, -0.05) is 74.5 Å². The molecule has 3 heteroatoms. The molecule has 0 fully saturated rings. The third-order valence-electron chi connectivity index (χ3n) is 5.36. The predicted octanol–water partition coefficient (Wildman–Crippen LogP) is 4.69. The minimum absolute atomic E-state index is 0.0828. The van der Waals surface area contributed by atoms with E-state index in [-0.39, 0.29) is 11.5 Å². The SMILES string of the molecule is C[C@H](OCc1ccccc1)C(C)(C)[C@](C)(C#N)NCc1ccccc1. The van der Waals surface area contributed by atoms with Crippen molar-refractivity contribution >= 4 is 0 Å². The maximum absolute atomic E-state index is 9.87. The smallest absolute Gasteiger partial charge is 0.111 e. The molecule has 0 amide bonds. The second kappa shape index (κ2) is 8.29. The Balaban J connectivity index is 2.03. The number of nitrogens with one attached hydrogen (secondary N) is 1. The molecule has 0 spiro atoms. The fourth-order valence-electron chi connectivity index (χ4n) is 2.70. The molecular weight excluding hydrogens is 308 g/mol. The van der Waals surface area contributed by atoms with Gasteiger partial charge in [-0.2, -0.15) is 5.26 Å². The molecule has 0 radical (unpaired) electrons. The highest BCUT2D eigenvalue weighted by Gasteiger charge is 2.45. The van der Waals surface area contributed by atoms with E-state index in [9.17, 15) is 5.26 Å². The summed E-state index contributed by atoms with van der Waals surface area (Å²) in [7, 11) is 0. The summed E-state index contributed by atoms with van der Waals surface area (Å²) in [6, 6.07) is 22.7. The first kappa shape index (κ1) is 19.2. The first-order valence-electron chi connectivity index (χ1n) is 8.75. The van der Waals surface area contributed by atoms with E-state index in [0.717, 1.165) is 11.1 Å². The second-order valence-corrected chi connectivity index (χ2v) is 7.24. The number of ether oxygens (including phenoxy) is 1. The summed E-state index contributed by atoms with van der Waals surface area (Å²) in [6.45, 7) is 9.38. The largest absolute Gasteiger partial charge is 0.373 e. The molecule has 0 bridgehead atoms. The van der Waals surface area contributed by atoms with Crippen LogP contribution in [0.25, 0.3) is 0 Å². The molecule has 2 rings (SSSR count). The minimum atomic E-state index is -0.709. The van der Waals surface area contributed by atoms with Gasteiger partial charge in [-0.25, -0.2) is 0 Å². The molecule has 1 N–H and O–H groups in total. The molecule has 0 saturated carbocycles. The van der Waals surface area contributed by atoms with Crippen molar-refractivity contribution in [1.82, 2.24) is 5.32 Å². The van der Waals surface area contributed by atoms with Crippen molar-refractivity contribution < 1.29 is 4.74 Å². The van der Waals surface area contributed by atoms with Gasteiger partial charge in [0.15, 0.2) is 0 Å². The second-order valence-electron chi connectivity index (χ2n) is 7.24. The summed E-state index contributed by atoms with van der Waals surface area (Å²) in [5.74, 6) is 0. The Morgan fingerprint density at radius 2 is 1.48 bits per heavy atom. The van der Waals surface area contributed by atoms with Crippen molar-refractivity contribution in [2.45, 2.75) is 52.5 Å². The summed E-state index contributed by atoms with van der Waals surface area (Å²) >= 11 is 0. The van der Waals surface area contributed by atoms with Crippen LogP contribution in [0.2, 0.25) is 0 Å². The third kappa shape index (κ3) is 4.69. The van der Waals surface area contributed by atoms with E-state index in [1.165, 1.54) is 0 Å². The average Bonchev–Trinajstić information content (AvgIpc) is 2.65. The Hall–Kier alpha value is -2.15. The van der Waals surface area contributed by atoms with E-state index in [1.807, 2.05) is 50.2 Å². The molecule has 0 aliphatic carbocycles. The molecule has 3 nitrogen and oxygen atoms in total. The quantitative estimate of drug-likeness (QED) is 0.760. The zero-order valence-corrected chi connectivity index (χ0v) is 15.6. The third-order valence-corrected chi connectivity index (χ3v) is 5.36. The van der Waals surface area contributed by atoms with Gasteiger partial charge in [0, 0.05) is 12.0 Å². The summed E-state index contributed by atoms with van der Waals surface area (Å²) in [5.41, 5.74) is 1.23. The number of nitrogens with zero attached hydrogens (tertiary/aromatic N) is 1. The highest BCUT2D eigenvalue weighted by atomic mass is 16.5. The molecule has 0 saturated heterocycles. The summed E-state index contributed by atoms with van der Waals surface area (Å²) < 4.78 is 6.10. The fourth-order valence-corrected chi connectivity index (χ4v) is 2.70. The van der Waals surface area contributed by atoms with Crippen LogP contribution in [0, 0.1) is 16.7 Å². The number of hydrogen-bond acceptors (Lipinski definition) is 3. The van der Waals surface area contributed by atoms with Crippen molar-refractivity contribution in [3.8, 4) is 6.07 Å². The summed E-state index contributed by atoms with van der Waals surface area (Å²) in [6.07, 6.45) is -0.0828. The Morgan fingerprint density at radius 3 is 2.00 bits per heavy atom. The molecule has 2 aromatic carbocycles. The van der Waals surface area contributed by atoms with Gasteiger partial charge in [0.1, 0.15) is 5.54 Å². The number of benzene rings is 2. The van der Waals surface area contributed by atoms with Crippen LogP contribution in [-0.4, -0.2) is 11.6 Å². The lowest BCUT2D eigenvalue weighted by Gasteiger charge is -2.43. The average molecular weight is 336 g/mol. The Bertz CT molecular complexity index is 691. The molecule has 0 aliphatic rings. The summed E-state index contributed by atoms with van der Waals surface area (Å²) in [5, 5.41) is 13.3. The molecule has 132 valence electrons. The van der Waals surface area contributed by atoms with Crippen molar-refractivity contribution in [3.05, 3.63) is 71.8 Å². The Kier molecular flexibility index (Phi) is 6.36. The lowest BCUT2D eigenvalue weighted by molar-refractivity contribution is -0.0520. The molecule has 25 heavy (non-hydrogen) atoms. The van der Waals surface area contributed by atoms with Crippen LogP contribution in [0.15, 0.2) is 60.7 Å². The van der Waals surface area contributed by atoms with Crippen LogP contribution in [0.5, 0.6) is 0 Å². The molecule has 0 unspecified atom stereocenters. The van der Waals surface area contributed by atoms with E-state index >= 15 is 0 Å². The van der Waals surface area contributed by atoms with Gasteiger partial charge in [0.2, 0.25) is 0 Å². The molecule has 0 heterocycles.